The van der Waals surface area contributed by atoms with Gasteiger partial charge in [-0.1, -0.05) is 24.3 Å². The third kappa shape index (κ3) is 3.76. The summed E-state index contributed by atoms with van der Waals surface area (Å²) in [6.07, 6.45) is 0. The van der Waals surface area contributed by atoms with Gasteiger partial charge in [0.05, 0.1) is 33.9 Å². The second kappa shape index (κ2) is 9.54. The number of rotatable bonds is 6. The van der Waals surface area contributed by atoms with Gasteiger partial charge in [0.1, 0.15) is 0 Å². The first-order chi connectivity index (χ1) is 17.0. The minimum absolute atomic E-state index is 0.591. The zero-order valence-electron chi connectivity index (χ0n) is 19.8. The molecule has 0 saturated carbocycles. The highest BCUT2D eigenvalue weighted by Gasteiger charge is 2.47. The molecule has 0 bridgehead atoms. The van der Waals surface area contributed by atoms with Crippen LogP contribution in [0.2, 0.25) is 0 Å². The smallest absolute Gasteiger partial charge is 0.161 e. The first kappa shape index (κ1) is 24.2. The van der Waals surface area contributed by atoms with Gasteiger partial charge in [-0.3, -0.25) is 0 Å². The summed E-state index contributed by atoms with van der Waals surface area (Å²) >= 11 is 4.79. The SMILES string of the molecule is COc1ccc(C2(c3ccc(OC)c(OC)c3)c3cc(I)ccc3-c3ccc(I)cc32)cc1OC. The van der Waals surface area contributed by atoms with Crippen LogP contribution in [0.3, 0.4) is 0 Å². The van der Waals surface area contributed by atoms with Crippen LogP contribution in [0.5, 0.6) is 23.0 Å². The molecule has 1 aliphatic carbocycles. The van der Waals surface area contributed by atoms with Crippen LogP contribution < -0.4 is 18.9 Å². The third-order valence-corrected chi connectivity index (χ3v) is 8.04. The fourth-order valence-corrected chi connectivity index (χ4v) is 6.18. The van der Waals surface area contributed by atoms with Crippen molar-refractivity contribution in [1.29, 1.82) is 0 Å². The summed E-state index contributed by atoms with van der Waals surface area (Å²) < 4.78 is 25.0. The molecule has 0 atom stereocenters. The van der Waals surface area contributed by atoms with Gasteiger partial charge in [-0.05, 0) is 127 Å². The standard InChI is InChI=1S/C29H24I2O4/c1-32-25-11-5-17(13-27(25)34-3)29(18-6-12-26(33-2)28(14-18)35-4)23-15-19(30)7-9-21(23)22-10-8-20(31)16-24(22)29/h5-16H,1-4H3. The van der Waals surface area contributed by atoms with E-state index in [2.05, 4.69) is 106 Å². The van der Waals surface area contributed by atoms with Crippen molar-refractivity contribution in [3.63, 3.8) is 0 Å². The van der Waals surface area contributed by atoms with Crippen LogP contribution >= 0.6 is 45.2 Å². The maximum atomic E-state index is 5.75. The molecule has 0 heterocycles. The van der Waals surface area contributed by atoms with Crippen LogP contribution in [0.1, 0.15) is 22.3 Å². The highest BCUT2D eigenvalue weighted by Crippen LogP contribution is 2.58. The molecule has 0 unspecified atom stereocenters. The van der Waals surface area contributed by atoms with E-state index in [4.69, 9.17) is 18.9 Å². The van der Waals surface area contributed by atoms with Gasteiger partial charge in [-0.15, -0.1) is 0 Å². The van der Waals surface area contributed by atoms with Crippen molar-refractivity contribution in [3.05, 3.63) is 102 Å². The molecule has 0 N–H and O–H groups in total. The van der Waals surface area contributed by atoms with Gasteiger partial charge in [0.2, 0.25) is 0 Å². The molecule has 0 saturated heterocycles. The second-order valence-electron chi connectivity index (χ2n) is 8.27. The first-order valence-electron chi connectivity index (χ1n) is 11.0. The van der Waals surface area contributed by atoms with Gasteiger partial charge in [0.15, 0.2) is 23.0 Å². The number of benzene rings is 4. The first-order valence-corrected chi connectivity index (χ1v) is 13.2. The maximum absolute atomic E-state index is 5.75. The highest BCUT2D eigenvalue weighted by atomic mass is 127. The highest BCUT2D eigenvalue weighted by molar-refractivity contribution is 14.1. The number of halogens is 2. The lowest BCUT2D eigenvalue weighted by Crippen LogP contribution is -2.29. The van der Waals surface area contributed by atoms with E-state index in [0.717, 1.165) is 11.1 Å². The summed E-state index contributed by atoms with van der Waals surface area (Å²) in [4.78, 5) is 0. The van der Waals surface area contributed by atoms with Gasteiger partial charge in [-0.2, -0.15) is 0 Å². The van der Waals surface area contributed by atoms with Crippen LogP contribution in [0.15, 0.2) is 72.8 Å². The van der Waals surface area contributed by atoms with Gasteiger partial charge in [0, 0.05) is 7.14 Å². The van der Waals surface area contributed by atoms with E-state index in [9.17, 15) is 0 Å². The summed E-state index contributed by atoms with van der Waals surface area (Å²) in [5.74, 6) is 2.78. The Labute approximate surface area is 232 Å². The number of methoxy groups -OCH3 is 4. The quantitative estimate of drug-likeness (QED) is 0.176. The van der Waals surface area contributed by atoms with Crippen molar-refractivity contribution in [3.8, 4) is 34.1 Å². The van der Waals surface area contributed by atoms with E-state index < -0.39 is 5.41 Å². The minimum Gasteiger partial charge on any atom is -0.493 e. The molecule has 4 nitrogen and oxygen atoms in total. The topological polar surface area (TPSA) is 36.9 Å². The summed E-state index contributed by atoms with van der Waals surface area (Å²) in [5, 5.41) is 0. The van der Waals surface area contributed by atoms with Crippen LogP contribution in [-0.2, 0) is 5.41 Å². The molecule has 178 valence electrons. The lowest BCUT2D eigenvalue weighted by Gasteiger charge is -2.34. The van der Waals surface area contributed by atoms with E-state index in [1.807, 2.05) is 12.1 Å². The molecular formula is C29H24I2O4. The van der Waals surface area contributed by atoms with Crippen LogP contribution in [0.4, 0.5) is 0 Å². The Bertz CT molecular complexity index is 1320. The second-order valence-corrected chi connectivity index (χ2v) is 10.8. The molecule has 0 radical (unpaired) electrons. The third-order valence-electron chi connectivity index (χ3n) is 6.69. The zero-order valence-corrected chi connectivity index (χ0v) is 24.1. The molecule has 0 fully saturated rings. The molecule has 0 aliphatic heterocycles. The fraction of sp³-hybridized carbons (Fsp3) is 0.172. The molecular weight excluding hydrogens is 666 g/mol. The molecule has 4 aromatic rings. The Morgan fingerprint density at radius 2 is 0.886 bits per heavy atom. The van der Waals surface area contributed by atoms with E-state index in [1.54, 1.807) is 28.4 Å². The summed E-state index contributed by atoms with van der Waals surface area (Å²) in [7, 11) is 6.67. The van der Waals surface area contributed by atoms with Crippen molar-refractivity contribution >= 4 is 45.2 Å². The van der Waals surface area contributed by atoms with Crippen LogP contribution in [0, 0.1) is 7.14 Å². The summed E-state index contributed by atoms with van der Waals surface area (Å²) in [5.41, 5.74) is 6.48. The lowest BCUT2D eigenvalue weighted by molar-refractivity contribution is 0.353. The molecule has 0 aromatic heterocycles. The zero-order chi connectivity index (χ0) is 24.7. The van der Waals surface area contributed by atoms with Crippen molar-refractivity contribution < 1.29 is 18.9 Å². The average Bonchev–Trinajstić information content (AvgIpc) is 3.16. The van der Waals surface area contributed by atoms with E-state index >= 15 is 0 Å². The molecule has 6 heteroatoms. The molecule has 5 rings (SSSR count). The Kier molecular flexibility index (Phi) is 6.61. The fourth-order valence-electron chi connectivity index (χ4n) is 5.20. The number of ether oxygens (including phenoxy) is 4. The molecule has 0 amide bonds. The Morgan fingerprint density at radius 1 is 0.486 bits per heavy atom. The van der Waals surface area contributed by atoms with E-state index in [-0.39, 0.29) is 0 Å². The largest absolute Gasteiger partial charge is 0.493 e. The predicted molar refractivity (Wildman–Crippen MR) is 155 cm³/mol. The van der Waals surface area contributed by atoms with Gasteiger partial charge in [0.25, 0.3) is 0 Å². The average molecular weight is 690 g/mol. The normalized spacial score (nSPS) is 13.1. The summed E-state index contributed by atoms with van der Waals surface area (Å²) in [6.45, 7) is 0. The Hall–Kier alpha value is -2.46. The van der Waals surface area contributed by atoms with E-state index in [1.165, 1.54) is 29.4 Å². The van der Waals surface area contributed by atoms with Crippen LogP contribution in [-0.4, -0.2) is 28.4 Å². The lowest BCUT2D eigenvalue weighted by atomic mass is 9.67. The number of hydrogen-bond donors (Lipinski definition) is 0. The van der Waals surface area contributed by atoms with Crippen molar-refractivity contribution in [2.24, 2.45) is 0 Å². The van der Waals surface area contributed by atoms with Gasteiger partial charge >= 0.3 is 0 Å². The molecule has 0 spiro atoms. The minimum atomic E-state index is -0.591. The van der Waals surface area contributed by atoms with Crippen molar-refractivity contribution in [1.82, 2.24) is 0 Å². The number of hydrogen-bond acceptors (Lipinski definition) is 4. The molecule has 35 heavy (non-hydrogen) atoms. The Morgan fingerprint density at radius 3 is 1.26 bits per heavy atom. The van der Waals surface area contributed by atoms with Crippen molar-refractivity contribution in [2.75, 3.05) is 28.4 Å². The monoisotopic (exact) mass is 690 g/mol. The van der Waals surface area contributed by atoms with Crippen molar-refractivity contribution in [2.45, 2.75) is 5.41 Å². The Balaban J connectivity index is 1.96. The van der Waals surface area contributed by atoms with Crippen LogP contribution in [0.25, 0.3) is 11.1 Å². The molecule has 1 aliphatic rings. The summed E-state index contributed by atoms with van der Waals surface area (Å²) in [6, 6.07) is 25.8. The maximum Gasteiger partial charge on any atom is 0.161 e. The predicted octanol–water partition coefficient (Wildman–Crippen LogP) is 7.29. The van der Waals surface area contributed by atoms with Gasteiger partial charge in [-0.25, -0.2) is 0 Å². The molecule has 4 aromatic carbocycles. The number of fused-ring (bicyclic) bond motifs is 3. The van der Waals surface area contributed by atoms with E-state index in [0.29, 0.717) is 23.0 Å². The van der Waals surface area contributed by atoms with Gasteiger partial charge < -0.3 is 18.9 Å².